The summed E-state index contributed by atoms with van der Waals surface area (Å²) >= 11 is 0. The van der Waals surface area contributed by atoms with Crippen LogP contribution < -0.4 is 10.5 Å². The van der Waals surface area contributed by atoms with E-state index < -0.39 is 0 Å². The van der Waals surface area contributed by atoms with Gasteiger partial charge in [0.25, 0.3) is 0 Å². The van der Waals surface area contributed by atoms with Crippen molar-refractivity contribution in [1.82, 2.24) is 0 Å². The Labute approximate surface area is 109 Å². The van der Waals surface area contributed by atoms with Gasteiger partial charge in [0.2, 0.25) is 0 Å². The molecule has 3 nitrogen and oxygen atoms in total. The zero-order valence-corrected chi connectivity index (χ0v) is 11.4. The number of para-hydroxylation sites is 1. The van der Waals surface area contributed by atoms with Gasteiger partial charge in [-0.15, -0.1) is 0 Å². The molecule has 0 spiro atoms. The molecule has 1 aromatic rings. The lowest BCUT2D eigenvalue weighted by Gasteiger charge is -2.24. The maximum atomic E-state index is 10.5. The van der Waals surface area contributed by atoms with Crippen LogP contribution in [0.2, 0.25) is 0 Å². The van der Waals surface area contributed by atoms with Crippen molar-refractivity contribution in [2.75, 3.05) is 13.7 Å². The Morgan fingerprint density at radius 2 is 2.06 bits per heavy atom. The fourth-order valence-electron chi connectivity index (χ4n) is 2.79. The number of methoxy groups -OCH3 is 1. The first-order valence-electron chi connectivity index (χ1n) is 6.52. The quantitative estimate of drug-likeness (QED) is 0.840. The fraction of sp³-hybridized carbons (Fsp3) is 0.600. The van der Waals surface area contributed by atoms with Gasteiger partial charge in [-0.25, -0.2) is 0 Å². The van der Waals surface area contributed by atoms with Crippen molar-refractivity contribution >= 4 is 0 Å². The van der Waals surface area contributed by atoms with Gasteiger partial charge >= 0.3 is 0 Å². The largest absolute Gasteiger partial charge is 0.496 e. The predicted octanol–water partition coefficient (Wildman–Crippen LogP) is 2.14. The van der Waals surface area contributed by atoms with E-state index in [0.717, 1.165) is 17.7 Å². The van der Waals surface area contributed by atoms with Gasteiger partial charge in [0.15, 0.2) is 0 Å². The van der Waals surface area contributed by atoms with Crippen LogP contribution >= 0.6 is 0 Å². The summed E-state index contributed by atoms with van der Waals surface area (Å²) in [4.78, 5) is 0. The Morgan fingerprint density at radius 1 is 1.44 bits per heavy atom. The first kappa shape index (κ1) is 13.4. The van der Waals surface area contributed by atoms with E-state index in [4.69, 9.17) is 10.5 Å². The van der Waals surface area contributed by atoms with E-state index >= 15 is 0 Å². The molecule has 0 aromatic heterocycles. The topological polar surface area (TPSA) is 55.5 Å². The van der Waals surface area contributed by atoms with Gasteiger partial charge in [-0.3, -0.25) is 0 Å². The zero-order chi connectivity index (χ0) is 13.3. The van der Waals surface area contributed by atoms with Crippen molar-refractivity contribution in [3.05, 3.63) is 29.8 Å². The first-order chi connectivity index (χ1) is 8.51. The van der Waals surface area contributed by atoms with Crippen LogP contribution in [0.3, 0.4) is 0 Å². The van der Waals surface area contributed by atoms with Gasteiger partial charge in [-0.05, 0) is 23.8 Å². The van der Waals surface area contributed by atoms with Crippen LogP contribution in [0.25, 0.3) is 0 Å². The minimum atomic E-state index is -0.388. The van der Waals surface area contributed by atoms with E-state index in [1.54, 1.807) is 7.11 Å². The molecule has 0 heterocycles. The lowest BCUT2D eigenvalue weighted by molar-refractivity contribution is 0.108. The first-order valence-corrected chi connectivity index (χ1v) is 6.52. The van der Waals surface area contributed by atoms with Crippen LogP contribution in [-0.4, -0.2) is 24.9 Å². The van der Waals surface area contributed by atoms with Gasteiger partial charge in [0.1, 0.15) is 5.75 Å². The van der Waals surface area contributed by atoms with Gasteiger partial charge in [0, 0.05) is 18.0 Å². The molecule has 1 aliphatic rings. The van der Waals surface area contributed by atoms with E-state index in [9.17, 15) is 5.11 Å². The number of rotatable bonds is 5. The molecule has 1 fully saturated rings. The second-order valence-electron chi connectivity index (χ2n) is 5.87. The van der Waals surface area contributed by atoms with E-state index in [0.29, 0.717) is 12.5 Å². The molecule has 3 heteroatoms. The van der Waals surface area contributed by atoms with E-state index in [1.807, 2.05) is 24.3 Å². The molecular formula is C15H23NO2. The molecule has 1 aromatic carbocycles. The summed E-state index contributed by atoms with van der Waals surface area (Å²) in [6.07, 6.45) is 0.682. The number of hydrogen-bond acceptors (Lipinski definition) is 3. The van der Waals surface area contributed by atoms with Gasteiger partial charge in [0.05, 0.1) is 13.2 Å². The third kappa shape index (κ3) is 2.38. The number of hydrogen-bond donors (Lipinski definition) is 2. The lowest BCUT2D eigenvalue weighted by Crippen LogP contribution is -2.29. The molecule has 2 rings (SSSR count). The Balaban J connectivity index is 2.23. The van der Waals surface area contributed by atoms with Crippen molar-refractivity contribution in [3.8, 4) is 5.75 Å². The summed E-state index contributed by atoms with van der Waals surface area (Å²) in [7, 11) is 1.65. The summed E-state index contributed by atoms with van der Waals surface area (Å²) in [6.45, 7) is 4.82. The molecule has 0 amide bonds. The maximum absolute atomic E-state index is 10.5. The molecule has 18 heavy (non-hydrogen) atoms. The number of aliphatic hydroxyl groups excluding tert-OH is 1. The van der Waals surface area contributed by atoms with Crippen LogP contribution in [0.1, 0.15) is 31.7 Å². The normalized spacial score (nSPS) is 24.4. The molecule has 100 valence electrons. The van der Waals surface area contributed by atoms with Crippen molar-refractivity contribution in [3.63, 3.8) is 0 Å². The molecule has 3 atom stereocenters. The molecule has 1 saturated carbocycles. The van der Waals surface area contributed by atoms with Crippen LogP contribution in [0.15, 0.2) is 24.3 Å². The average Bonchev–Trinajstić information content (AvgIpc) is 3.00. The summed E-state index contributed by atoms with van der Waals surface area (Å²) < 4.78 is 5.36. The number of benzene rings is 1. The molecule has 0 bridgehead atoms. The Hall–Kier alpha value is -1.06. The van der Waals surface area contributed by atoms with Crippen molar-refractivity contribution < 1.29 is 9.84 Å². The second kappa shape index (κ2) is 4.90. The van der Waals surface area contributed by atoms with Gasteiger partial charge in [-0.1, -0.05) is 32.0 Å². The van der Waals surface area contributed by atoms with Crippen LogP contribution in [-0.2, 0) is 0 Å². The van der Waals surface area contributed by atoms with Crippen LogP contribution in [0.4, 0.5) is 0 Å². The minimum absolute atomic E-state index is 0.0482. The molecule has 1 aliphatic carbocycles. The highest BCUT2D eigenvalue weighted by Gasteiger charge is 2.51. The Kier molecular flexibility index (Phi) is 3.64. The van der Waals surface area contributed by atoms with E-state index in [1.165, 1.54) is 0 Å². The molecule has 3 N–H and O–H groups in total. The summed E-state index contributed by atoms with van der Waals surface area (Å²) in [5, 5.41) is 10.5. The van der Waals surface area contributed by atoms with Crippen molar-refractivity contribution in [2.45, 2.75) is 32.3 Å². The summed E-state index contributed by atoms with van der Waals surface area (Å²) in [6, 6.07) is 7.81. The Morgan fingerprint density at radius 3 is 2.56 bits per heavy atom. The predicted molar refractivity (Wildman–Crippen MR) is 72.7 cm³/mol. The van der Waals surface area contributed by atoms with Crippen molar-refractivity contribution in [1.29, 1.82) is 0 Å². The zero-order valence-electron chi connectivity index (χ0n) is 11.4. The highest BCUT2D eigenvalue weighted by molar-refractivity contribution is 5.37. The van der Waals surface area contributed by atoms with E-state index in [-0.39, 0.29) is 17.4 Å². The van der Waals surface area contributed by atoms with E-state index in [2.05, 4.69) is 13.8 Å². The molecule has 0 saturated heterocycles. The molecular weight excluding hydrogens is 226 g/mol. The highest BCUT2D eigenvalue weighted by Crippen LogP contribution is 2.56. The standard InChI is InChI=1S/C15H23NO2/c1-15(2)8-12(15)14(17)11(9-16)10-6-4-5-7-13(10)18-3/h4-7,11-12,14,17H,8-9,16H2,1-3H3. The number of aliphatic hydroxyl groups is 1. The monoisotopic (exact) mass is 249 g/mol. The van der Waals surface area contributed by atoms with Crippen LogP contribution in [0, 0.1) is 11.3 Å². The second-order valence-corrected chi connectivity index (χ2v) is 5.87. The molecule has 0 aliphatic heterocycles. The lowest BCUT2D eigenvalue weighted by atomic mass is 9.88. The molecule has 0 radical (unpaired) electrons. The fourth-order valence-corrected chi connectivity index (χ4v) is 2.79. The van der Waals surface area contributed by atoms with Crippen molar-refractivity contribution in [2.24, 2.45) is 17.1 Å². The maximum Gasteiger partial charge on any atom is 0.122 e. The van der Waals surface area contributed by atoms with Gasteiger partial charge < -0.3 is 15.6 Å². The Bertz CT molecular complexity index is 417. The number of nitrogens with two attached hydrogens (primary N) is 1. The highest BCUT2D eigenvalue weighted by atomic mass is 16.5. The smallest absolute Gasteiger partial charge is 0.122 e. The molecule has 3 unspecified atom stereocenters. The van der Waals surface area contributed by atoms with Crippen LogP contribution in [0.5, 0.6) is 5.75 Å². The van der Waals surface area contributed by atoms with Gasteiger partial charge in [-0.2, -0.15) is 0 Å². The third-order valence-electron chi connectivity index (χ3n) is 4.21. The number of ether oxygens (including phenoxy) is 1. The summed E-state index contributed by atoms with van der Waals surface area (Å²) in [5.74, 6) is 1.11. The third-order valence-corrected chi connectivity index (χ3v) is 4.21. The minimum Gasteiger partial charge on any atom is -0.496 e. The SMILES string of the molecule is COc1ccccc1C(CN)C(O)C1CC1(C)C. The summed E-state index contributed by atoms with van der Waals surface area (Å²) in [5.41, 5.74) is 7.12. The average molecular weight is 249 g/mol.